The summed E-state index contributed by atoms with van der Waals surface area (Å²) in [5, 5.41) is 2.39. The second kappa shape index (κ2) is 10.1. The van der Waals surface area contributed by atoms with Crippen molar-refractivity contribution in [2.75, 3.05) is 26.7 Å². The molecule has 24 heavy (non-hydrogen) atoms. The molecule has 1 aliphatic heterocycles. The molecule has 1 rings (SSSR count). The van der Waals surface area contributed by atoms with Crippen LogP contribution in [-0.4, -0.2) is 60.7 Å². The van der Waals surface area contributed by atoms with Gasteiger partial charge < -0.3 is 15.1 Å². The molecule has 0 aliphatic carbocycles. The van der Waals surface area contributed by atoms with Crippen molar-refractivity contribution in [3.05, 3.63) is 11.6 Å². The van der Waals surface area contributed by atoms with Crippen molar-refractivity contribution in [1.29, 1.82) is 0 Å². The number of amides is 3. The number of likely N-dealkylation sites (tertiary alicyclic amines) is 1. The van der Waals surface area contributed by atoms with Crippen LogP contribution in [0, 0.1) is 5.92 Å². The maximum absolute atomic E-state index is 12.7. The van der Waals surface area contributed by atoms with Gasteiger partial charge in [0.25, 0.3) is 0 Å². The number of carbonyl (C=O) groups is 3. The first-order chi connectivity index (χ1) is 11.4. The molecule has 1 atom stereocenters. The van der Waals surface area contributed by atoms with Crippen molar-refractivity contribution >= 4 is 18.2 Å². The summed E-state index contributed by atoms with van der Waals surface area (Å²) in [6.07, 6.45) is 6.88. The zero-order valence-electron chi connectivity index (χ0n) is 15.4. The third-order valence-corrected chi connectivity index (χ3v) is 4.51. The Morgan fingerprint density at radius 2 is 1.75 bits per heavy atom. The van der Waals surface area contributed by atoms with Crippen molar-refractivity contribution in [2.45, 2.75) is 52.5 Å². The maximum Gasteiger partial charge on any atom is 0.249 e. The van der Waals surface area contributed by atoms with Gasteiger partial charge in [-0.15, -0.1) is 0 Å². The zero-order chi connectivity index (χ0) is 18.1. The minimum Gasteiger partial charge on any atom is -0.350 e. The highest BCUT2D eigenvalue weighted by atomic mass is 16.2. The molecule has 0 saturated carbocycles. The maximum atomic E-state index is 12.7. The summed E-state index contributed by atoms with van der Waals surface area (Å²) in [4.78, 5) is 38.7. The van der Waals surface area contributed by atoms with Gasteiger partial charge in [-0.2, -0.15) is 0 Å². The summed E-state index contributed by atoms with van der Waals surface area (Å²) in [6, 6.07) is -0.179. The average Bonchev–Trinajstić information content (AvgIpc) is 2.84. The lowest BCUT2D eigenvalue weighted by Crippen LogP contribution is -2.44. The first-order valence-electron chi connectivity index (χ1n) is 8.78. The molecule has 0 spiro atoms. The molecule has 1 heterocycles. The molecule has 0 aromatic rings. The molecule has 0 aromatic heterocycles. The Morgan fingerprint density at radius 1 is 1.17 bits per heavy atom. The van der Waals surface area contributed by atoms with Crippen molar-refractivity contribution in [3.63, 3.8) is 0 Å². The van der Waals surface area contributed by atoms with Gasteiger partial charge in [0.05, 0.1) is 12.6 Å². The van der Waals surface area contributed by atoms with E-state index in [4.69, 9.17) is 0 Å². The van der Waals surface area contributed by atoms with Crippen molar-refractivity contribution in [2.24, 2.45) is 5.92 Å². The fourth-order valence-corrected chi connectivity index (χ4v) is 3.02. The van der Waals surface area contributed by atoms with E-state index < -0.39 is 0 Å². The highest BCUT2D eigenvalue weighted by Gasteiger charge is 2.23. The highest BCUT2D eigenvalue weighted by Crippen LogP contribution is 2.16. The SMILES string of the molecule is C/C(=C\[C@H](C(C)C)N(C)C(=O)CNC=O)C(=O)N1CCCCCC1. The van der Waals surface area contributed by atoms with E-state index in [1.54, 1.807) is 11.9 Å². The van der Waals surface area contributed by atoms with Crippen LogP contribution in [0.5, 0.6) is 0 Å². The third kappa shape index (κ3) is 5.98. The first-order valence-corrected chi connectivity index (χ1v) is 8.78. The molecule has 1 N–H and O–H groups in total. The van der Waals surface area contributed by atoms with E-state index in [1.807, 2.05) is 31.7 Å². The number of hydrogen-bond donors (Lipinski definition) is 1. The summed E-state index contributed by atoms with van der Waals surface area (Å²) >= 11 is 0. The molecule has 136 valence electrons. The van der Waals surface area contributed by atoms with Crippen LogP contribution in [0.1, 0.15) is 46.5 Å². The van der Waals surface area contributed by atoms with Gasteiger partial charge in [0, 0.05) is 25.7 Å². The molecule has 0 unspecified atom stereocenters. The van der Waals surface area contributed by atoms with Crippen LogP contribution in [-0.2, 0) is 14.4 Å². The number of rotatable bonds is 7. The summed E-state index contributed by atoms with van der Waals surface area (Å²) < 4.78 is 0. The van der Waals surface area contributed by atoms with Gasteiger partial charge in [-0.05, 0) is 25.7 Å². The van der Waals surface area contributed by atoms with Crippen molar-refractivity contribution in [1.82, 2.24) is 15.1 Å². The Balaban J connectivity index is 2.83. The fourth-order valence-electron chi connectivity index (χ4n) is 3.02. The molecule has 1 fully saturated rings. The van der Waals surface area contributed by atoms with Crippen LogP contribution in [0.4, 0.5) is 0 Å². The number of hydrogen-bond acceptors (Lipinski definition) is 3. The summed E-state index contributed by atoms with van der Waals surface area (Å²) in [5.41, 5.74) is 0.679. The van der Waals surface area contributed by atoms with Gasteiger partial charge in [0.1, 0.15) is 0 Å². The van der Waals surface area contributed by atoms with E-state index in [-0.39, 0.29) is 30.3 Å². The predicted octanol–water partition coefficient (Wildman–Crippen LogP) is 1.56. The Hall–Kier alpha value is -1.85. The minimum atomic E-state index is -0.179. The van der Waals surface area contributed by atoms with Crippen LogP contribution >= 0.6 is 0 Å². The second-order valence-electron chi connectivity index (χ2n) is 6.79. The molecule has 3 amide bonds. The lowest BCUT2D eigenvalue weighted by atomic mass is 9.99. The van der Waals surface area contributed by atoms with Gasteiger partial charge >= 0.3 is 0 Å². The molecule has 0 aromatic carbocycles. The van der Waals surface area contributed by atoms with E-state index in [2.05, 4.69) is 5.32 Å². The van der Waals surface area contributed by atoms with Crippen molar-refractivity contribution in [3.8, 4) is 0 Å². The van der Waals surface area contributed by atoms with E-state index in [0.29, 0.717) is 12.0 Å². The molecule has 6 heteroatoms. The predicted molar refractivity (Wildman–Crippen MR) is 94.3 cm³/mol. The fraction of sp³-hybridized carbons (Fsp3) is 0.722. The quantitative estimate of drug-likeness (QED) is 0.566. The van der Waals surface area contributed by atoms with Gasteiger partial charge in [-0.25, -0.2) is 0 Å². The zero-order valence-corrected chi connectivity index (χ0v) is 15.4. The molecule has 1 aliphatic rings. The number of carbonyl (C=O) groups excluding carboxylic acids is 3. The second-order valence-corrected chi connectivity index (χ2v) is 6.79. The van der Waals surface area contributed by atoms with Crippen LogP contribution in [0.2, 0.25) is 0 Å². The average molecular weight is 337 g/mol. The molecule has 0 radical (unpaired) electrons. The number of nitrogens with zero attached hydrogens (tertiary/aromatic N) is 2. The van der Waals surface area contributed by atoms with E-state index in [0.717, 1.165) is 25.9 Å². The Morgan fingerprint density at radius 3 is 2.25 bits per heavy atom. The molecular weight excluding hydrogens is 306 g/mol. The van der Waals surface area contributed by atoms with Crippen molar-refractivity contribution < 1.29 is 14.4 Å². The smallest absolute Gasteiger partial charge is 0.249 e. The Labute approximate surface area is 145 Å². The van der Waals surface area contributed by atoms with E-state index >= 15 is 0 Å². The van der Waals surface area contributed by atoms with E-state index in [1.165, 1.54) is 12.8 Å². The highest BCUT2D eigenvalue weighted by molar-refractivity contribution is 5.93. The molecule has 6 nitrogen and oxygen atoms in total. The topological polar surface area (TPSA) is 69.7 Å². The Bertz CT molecular complexity index is 466. The lowest BCUT2D eigenvalue weighted by molar-refractivity contribution is -0.132. The van der Waals surface area contributed by atoms with Gasteiger partial charge in [-0.1, -0.05) is 32.8 Å². The van der Waals surface area contributed by atoms with Crippen LogP contribution < -0.4 is 5.32 Å². The standard InChI is InChI=1S/C18H31N3O3/c1-14(2)16(20(4)17(23)12-19-13-22)11-15(3)18(24)21-9-7-5-6-8-10-21/h11,13-14,16H,5-10,12H2,1-4H3,(H,19,22)/b15-11+/t16-/m1/s1. The minimum absolute atomic E-state index is 0.0316. The van der Waals surface area contributed by atoms with Crippen LogP contribution in [0.25, 0.3) is 0 Å². The number of nitrogens with one attached hydrogen (secondary N) is 1. The van der Waals surface area contributed by atoms with Crippen LogP contribution in [0.3, 0.4) is 0 Å². The summed E-state index contributed by atoms with van der Waals surface area (Å²) in [5.74, 6) is 0.0588. The summed E-state index contributed by atoms with van der Waals surface area (Å²) in [7, 11) is 1.71. The molecular formula is C18H31N3O3. The molecule has 1 saturated heterocycles. The first kappa shape index (κ1) is 20.2. The summed E-state index contributed by atoms with van der Waals surface area (Å²) in [6.45, 7) is 7.45. The lowest BCUT2D eigenvalue weighted by Gasteiger charge is -2.30. The van der Waals surface area contributed by atoms with Crippen LogP contribution in [0.15, 0.2) is 11.6 Å². The van der Waals surface area contributed by atoms with Gasteiger partial charge in [0.2, 0.25) is 18.2 Å². The van der Waals surface area contributed by atoms with Gasteiger partial charge in [0.15, 0.2) is 0 Å². The molecule has 0 bridgehead atoms. The van der Waals surface area contributed by atoms with E-state index in [9.17, 15) is 14.4 Å². The normalized spacial score (nSPS) is 17.2. The third-order valence-electron chi connectivity index (χ3n) is 4.51. The van der Waals surface area contributed by atoms with Gasteiger partial charge in [-0.3, -0.25) is 14.4 Å². The Kier molecular flexibility index (Phi) is 8.50. The monoisotopic (exact) mass is 337 g/mol. The number of likely N-dealkylation sites (N-methyl/N-ethyl adjacent to an activating group) is 1. The largest absolute Gasteiger partial charge is 0.350 e.